The molecule has 1 saturated heterocycles. The molecule has 0 unspecified atom stereocenters. The quantitative estimate of drug-likeness (QED) is 0.645. The summed E-state index contributed by atoms with van der Waals surface area (Å²) in [6.45, 7) is 1.44. The van der Waals surface area contributed by atoms with Gasteiger partial charge in [0.15, 0.2) is 0 Å². The number of anilines is 1. The molecule has 1 aliphatic rings. The first-order valence-corrected chi connectivity index (χ1v) is 7.94. The molecule has 1 aromatic heterocycles. The van der Waals surface area contributed by atoms with E-state index in [2.05, 4.69) is 4.98 Å². The Morgan fingerprint density at radius 2 is 1.80 bits per heavy atom. The van der Waals surface area contributed by atoms with Gasteiger partial charge in [-0.2, -0.15) is 0 Å². The van der Waals surface area contributed by atoms with Crippen LogP contribution in [0, 0.1) is 0 Å². The van der Waals surface area contributed by atoms with Gasteiger partial charge in [0.25, 0.3) is 0 Å². The van der Waals surface area contributed by atoms with Crippen LogP contribution in [0.15, 0.2) is 12.3 Å². The third-order valence-electron chi connectivity index (χ3n) is 3.48. The number of ether oxygens (including phenoxy) is 1. The molecule has 134 valence electrons. The van der Waals surface area contributed by atoms with Crippen molar-refractivity contribution in [3.8, 4) is 0 Å². The number of rotatable bonds is 2. The molecule has 0 aliphatic carbocycles. The number of nitrogens with zero attached hydrogens (tertiary/aromatic N) is 3. The van der Waals surface area contributed by atoms with Crippen LogP contribution in [0.4, 0.5) is 23.6 Å². The number of halogens is 4. The molecule has 2 rings (SSSR count). The maximum atomic E-state index is 13.0. The van der Waals surface area contributed by atoms with Crippen LogP contribution in [-0.2, 0) is 4.74 Å². The van der Waals surface area contributed by atoms with Crippen molar-refractivity contribution < 1.29 is 73.9 Å². The second-order valence-corrected chi connectivity index (χ2v) is 6.94. The van der Waals surface area contributed by atoms with Crippen molar-refractivity contribution in [2.45, 2.75) is 26.4 Å². The summed E-state index contributed by atoms with van der Waals surface area (Å²) in [4.78, 5) is 19.1. The Balaban J connectivity index is 0.00000312. The van der Waals surface area contributed by atoms with Gasteiger partial charge in [0.1, 0.15) is 11.4 Å². The molecule has 11 heteroatoms. The molecule has 0 saturated carbocycles. The number of piperazine rings is 1. The molecule has 5 nitrogen and oxygen atoms in total. The van der Waals surface area contributed by atoms with E-state index in [1.54, 1.807) is 25.7 Å². The number of amides is 1. The Labute approximate surface area is 192 Å². The molecule has 1 fully saturated rings. The predicted octanol–water partition coefficient (Wildman–Crippen LogP) is -0.149. The average Bonchev–Trinajstić information content (AvgIpc) is 2.44. The van der Waals surface area contributed by atoms with E-state index in [9.17, 15) is 17.7 Å². The smallest absolute Gasteiger partial charge is 0.445 e. The van der Waals surface area contributed by atoms with Crippen molar-refractivity contribution in [2.24, 2.45) is 0 Å². The van der Waals surface area contributed by atoms with Gasteiger partial charge >= 0.3 is 64.5 Å². The zero-order valence-electron chi connectivity index (χ0n) is 14.7. The first-order chi connectivity index (χ1) is 11.0. The first-order valence-electron chi connectivity index (χ1n) is 7.56. The minimum atomic E-state index is -5.20. The van der Waals surface area contributed by atoms with Crippen molar-refractivity contribution in [1.29, 1.82) is 0 Å². The summed E-state index contributed by atoms with van der Waals surface area (Å²) in [6.07, 6.45) is 0.667. The summed E-state index contributed by atoms with van der Waals surface area (Å²) >= 11 is 5.90. The van der Waals surface area contributed by atoms with Gasteiger partial charge in [0, 0.05) is 32.4 Å². The molecule has 0 N–H and O–H groups in total. The van der Waals surface area contributed by atoms with E-state index in [1.165, 1.54) is 4.90 Å². The number of aromatic nitrogens is 1. The van der Waals surface area contributed by atoms with Gasteiger partial charge in [-0.05, 0) is 20.8 Å². The molecule has 0 radical (unpaired) electrons. The molecule has 2 heterocycles. The predicted molar refractivity (Wildman–Crippen MR) is 88.0 cm³/mol. The van der Waals surface area contributed by atoms with Crippen LogP contribution in [-0.4, -0.2) is 54.7 Å². The summed E-state index contributed by atoms with van der Waals surface area (Å²) in [7, 11) is 0. The van der Waals surface area contributed by atoms with E-state index in [1.807, 2.05) is 0 Å². The second-order valence-electron chi connectivity index (χ2n) is 6.57. The Kier molecular flexibility index (Phi) is 8.10. The molecule has 0 atom stereocenters. The zero-order valence-corrected chi connectivity index (χ0v) is 18.6. The normalized spacial score (nSPS) is 15.6. The number of carbonyl (C=O) groups is 1. The minimum Gasteiger partial charge on any atom is -0.445 e. The second kappa shape index (κ2) is 8.79. The van der Waals surface area contributed by atoms with Crippen molar-refractivity contribution >= 4 is 36.0 Å². The summed E-state index contributed by atoms with van der Waals surface area (Å²) < 4.78 is 44.2. The number of hydrogen-bond acceptors (Lipinski definition) is 4. The molecular weight excluding hydrogens is 385 g/mol. The van der Waals surface area contributed by atoms with E-state index in [0.717, 1.165) is 12.3 Å². The molecule has 1 aromatic rings. The summed E-state index contributed by atoms with van der Waals surface area (Å²) in [5.41, 5.74) is -1.45. The number of carbonyl (C=O) groups excluding carboxylic acids is 1. The summed E-state index contributed by atoms with van der Waals surface area (Å²) in [5, 5.41) is -0.393. The largest absolute Gasteiger partial charge is 1.00 e. The Bertz CT molecular complexity index is 620. The van der Waals surface area contributed by atoms with E-state index >= 15 is 0 Å². The van der Waals surface area contributed by atoms with Crippen LogP contribution in [0.1, 0.15) is 20.8 Å². The van der Waals surface area contributed by atoms with Crippen molar-refractivity contribution in [3.05, 3.63) is 17.3 Å². The third kappa shape index (κ3) is 6.28. The molecule has 1 amide bonds. The van der Waals surface area contributed by atoms with Gasteiger partial charge in [-0.3, -0.25) is 0 Å². The van der Waals surface area contributed by atoms with Crippen LogP contribution < -0.4 is 61.7 Å². The first kappa shape index (κ1) is 23.0. The van der Waals surface area contributed by atoms with Crippen LogP contribution in [0.3, 0.4) is 0 Å². The van der Waals surface area contributed by atoms with Crippen molar-refractivity contribution in [3.63, 3.8) is 0 Å². The maximum absolute atomic E-state index is 13.0. The van der Waals surface area contributed by atoms with Gasteiger partial charge in [-0.1, -0.05) is 23.1 Å². The Hall–Kier alpha value is 0.00130. The number of pyridine rings is 1. The van der Waals surface area contributed by atoms with Gasteiger partial charge in [-0.25, -0.2) is 9.78 Å². The van der Waals surface area contributed by atoms with Crippen molar-refractivity contribution in [2.75, 3.05) is 31.1 Å². The van der Waals surface area contributed by atoms with E-state index in [0.29, 0.717) is 26.2 Å². The molecule has 25 heavy (non-hydrogen) atoms. The fraction of sp³-hybridized carbons (Fsp3) is 0.571. The average molecular weight is 404 g/mol. The van der Waals surface area contributed by atoms with Gasteiger partial charge < -0.3 is 27.5 Å². The molecular formula is C14H19BClF3KN3O2. The summed E-state index contributed by atoms with van der Waals surface area (Å²) in [5.74, 6) is 0.0946. The van der Waals surface area contributed by atoms with Crippen LogP contribution in [0.25, 0.3) is 0 Å². The Morgan fingerprint density at radius 3 is 2.28 bits per heavy atom. The molecule has 1 aliphatic heterocycles. The maximum Gasteiger partial charge on any atom is 1.00 e. The third-order valence-corrected chi connectivity index (χ3v) is 3.87. The van der Waals surface area contributed by atoms with Gasteiger partial charge in [0.05, 0.1) is 5.02 Å². The fourth-order valence-electron chi connectivity index (χ4n) is 2.35. The topological polar surface area (TPSA) is 45.7 Å². The SMILES string of the molecule is CC(C)(C)OC(=O)N1CCN(c2nccc([B-](F)(F)F)c2Cl)CC1.[K+]. The van der Waals surface area contributed by atoms with Crippen LogP contribution in [0.5, 0.6) is 0 Å². The fourth-order valence-corrected chi connectivity index (χ4v) is 2.70. The van der Waals surface area contributed by atoms with Crippen LogP contribution >= 0.6 is 11.6 Å². The van der Waals surface area contributed by atoms with Gasteiger partial charge in [0.2, 0.25) is 0 Å². The summed E-state index contributed by atoms with van der Waals surface area (Å²) in [6, 6.07) is 0.878. The van der Waals surface area contributed by atoms with Crippen molar-refractivity contribution in [1.82, 2.24) is 9.88 Å². The zero-order chi connectivity index (χ0) is 18.1. The van der Waals surface area contributed by atoms with E-state index in [-0.39, 0.29) is 57.2 Å². The van der Waals surface area contributed by atoms with E-state index in [4.69, 9.17) is 16.3 Å². The minimum absolute atomic E-state index is 0. The molecule has 0 spiro atoms. The molecule has 0 aromatic carbocycles. The van der Waals surface area contributed by atoms with E-state index < -0.39 is 29.2 Å². The van der Waals surface area contributed by atoms with Gasteiger partial charge in [-0.15, -0.1) is 0 Å². The standard InChI is InChI=1S/C14H19BClF3N3O2.K/c1-14(2,3)24-13(23)22-8-6-21(7-9-22)12-11(16)10(4-5-20-12)15(17,18)19;/h4-5H,6-9H2,1-3H3;/q-1;+1. The Morgan fingerprint density at radius 1 is 1.24 bits per heavy atom. The molecule has 0 bridgehead atoms. The number of hydrogen-bond donors (Lipinski definition) is 0. The van der Waals surface area contributed by atoms with Crippen LogP contribution in [0.2, 0.25) is 5.02 Å². The monoisotopic (exact) mass is 403 g/mol.